The second-order valence-corrected chi connectivity index (χ2v) is 17.1. The summed E-state index contributed by atoms with van der Waals surface area (Å²) in [6.07, 6.45) is 0. The van der Waals surface area contributed by atoms with Gasteiger partial charge in [-0.3, -0.25) is 0 Å². The summed E-state index contributed by atoms with van der Waals surface area (Å²) in [6.45, 7) is 32.7. The van der Waals surface area contributed by atoms with Crippen molar-refractivity contribution in [2.24, 2.45) is 0 Å². The number of aromatic nitrogens is 2. The van der Waals surface area contributed by atoms with E-state index in [2.05, 4.69) is 9.97 Å². The van der Waals surface area contributed by atoms with Gasteiger partial charge in [0.05, 0.1) is 16.2 Å². The molecule has 66 heavy (non-hydrogen) atoms. The summed E-state index contributed by atoms with van der Waals surface area (Å²) in [5, 5.41) is 42.5. The van der Waals surface area contributed by atoms with Crippen molar-refractivity contribution in [3.63, 3.8) is 0 Å². The molecule has 4 N–H and O–H groups in total. The molecular weight excluding hydrogens is 845 g/mol. The average Bonchev–Trinajstić information content (AvgIpc) is 3.27. The molecule has 0 saturated carbocycles. The number of aryl methyl sites for hydroxylation is 9. The zero-order valence-corrected chi connectivity index (χ0v) is 40.9. The highest BCUT2D eigenvalue weighted by atomic mass is 16.4. The van der Waals surface area contributed by atoms with Crippen LogP contribution in [0.5, 0.6) is 23.0 Å². The lowest BCUT2D eigenvalue weighted by atomic mass is 9.94. The van der Waals surface area contributed by atoms with Gasteiger partial charge in [-0.05, 0) is 196 Å². The van der Waals surface area contributed by atoms with E-state index in [9.17, 15) is 39.6 Å². The summed E-state index contributed by atoms with van der Waals surface area (Å²) in [6, 6.07) is 0. The third-order valence-corrected chi connectivity index (χ3v) is 13.5. The number of hydrogen-bond acceptors (Lipinski definition) is 14. The van der Waals surface area contributed by atoms with Crippen molar-refractivity contribution in [3.05, 3.63) is 142 Å². The first-order valence-electron chi connectivity index (χ1n) is 21.2. The molecule has 0 aliphatic rings. The molecule has 0 amide bonds. The maximum atomic E-state index is 11.9. The van der Waals surface area contributed by atoms with Gasteiger partial charge in [0, 0.05) is 17.9 Å². The van der Waals surface area contributed by atoms with E-state index in [4.69, 9.17) is 17.7 Å². The predicted molar refractivity (Wildman–Crippen MR) is 257 cm³/mol. The van der Waals surface area contributed by atoms with E-state index in [-0.39, 0.29) is 45.8 Å². The van der Waals surface area contributed by atoms with E-state index < -0.39 is 11.3 Å². The smallest absolute Gasteiger partial charge is 0.357 e. The average molecular weight is 903 g/mol. The molecule has 8 aromatic rings. The molecule has 0 atom stereocenters. The van der Waals surface area contributed by atoms with Crippen LogP contribution >= 0.6 is 0 Å². The maximum absolute atomic E-state index is 11.9. The van der Waals surface area contributed by atoms with Crippen molar-refractivity contribution in [2.75, 3.05) is 0 Å². The lowest BCUT2D eigenvalue weighted by Gasteiger charge is -2.14. The summed E-state index contributed by atoms with van der Waals surface area (Å²) in [7, 11) is 0. The molecule has 0 fully saturated rings. The highest BCUT2D eigenvalue weighted by Gasteiger charge is 2.21. The Morgan fingerprint density at radius 1 is 0.303 bits per heavy atom. The second-order valence-electron chi connectivity index (χ2n) is 17.1. The minimum atomic E-state index is -0.460. The van der Waals surface area contributed by atoms with E-state index in [1.807, 2.05) is 96.9 Å². The number of aromatic hydroxyl groups is 4. The molecule has 4 heterocycles. The number of phenols is 4. The van der Waals surface area contributed by atoms with Crippen LogP contribution in [-0.4, -0.2) is 30.4 Å². The summed E-state index contributed by atoms with van der Waals surface area (Å²) in [5.41, 5.74) is 12.7. The SMILES string of the molecule is Cc1c(C)c(C)c2oc(=O)c(C)nc2c1O.Cc1c(C)c(O)c2c(C)c(C)c(=O)oc2c1C.Cc1nc2c(O)c(C)c(C)c(C)c2c(=O)o1.Cc1oc(=O)c2c(C)c(C)c(C)c(O)c2c1C. The first kappa shape index (κ1) is 49.8. The third-order valence-electron chi connectivity index (χ3n) is 13.5. The van der Waals surface area contributed by atoms with Crippen molar-refractivity contribution in [1.82, 2.24) is 9.97 Å². The van der Waals surface area contributed by atoms with Crippen LogP contribution in [0.1, 0.15) is 101 Å². The lowest BCUT2D eigenvalue weighted by Crippen LogP contribution is -2.07. The molecule has 4 aromatic carbocycles. The predicted octanol–water partition coefficient (Wildman–Crippen LogP) is 10.3. The van der Waals surface area contributed by atoms with E-state index >= 15 is 0 Å². The van der Waals surface area contributed by atoms with Gasteiger partial charge >= 0.3 is 22.5 Å². The highest BCUT2D eigenvalue weighted by molar-refractivity contribution is 5.95. The fraction of sp³-hybridized carbons (Fsp3) is 0.346. The van der Waals surface area contributed by atoms with Crippen molar-refractivity contribution >= 4 is 43.7 Å². The Bertz CT molecular complexity index is 3590. The Balaban J connectivity index is 0.000000165. The Kier molecular flexibility index (Phi) is 13.8. The Morgan fingerprint density at radius 3 is 1.26 bits per heavy atom. The van der Waals surface area contributed by atoms with E-state index in [0.717, 1.165) is 77.9 Å². The molecular formula is C52H58N2O12. The minimum Gasteiger partial charge on any atom is -0.507 e. The summed E-state index contributed by atoms with van der Waals surface area (Å²) >= 11 is 0. The van der Waals surface area contributed by atoms with Crippen LogP contribution in [0.3, 0.4) is 0 Å². The molecule has 348 valence electrons. The standard InChI is InChI=1S/2C14H16O3.2C12H13NO3/c1-6-8(3)12(15)11-7(2)10(5)14(16)17-13(11)9(6)4;1-6-7(2)12-11(13(15)8(6)3)9(4)10(5)17-14(12)16;1-5-6(2)10(14)9-11(7(5)3)16-12(15)8(4)13-9;1-5-6(2)9-10(11(14)7(5)3)13-8(4)16-12(9)15/h2*15H,1-5H3;2*14H,1-4H3. The molecule has 0 unspecified atom stereocenters. The van der Waals surface area contributed by atoms with Gasteiger partial charge in [0.25, 0.3) is 0 Å². The Hall–Kier alpha value is -7.22. The van der Waals surface area contributed by atoms with Crippen LogP contribution in [0.15, 0.2) is 36.8 Å². The molecule has 14 nitrogen and oxygen atoms in total. The first-order chi connectivity index (χ1) is 30.6. The topological polar surface area (TPSA) is 228 Å². The molecule has 0 aliphatic heterocycles. The van der Waals surface area contributed by atoms with Crippen LogP contribution in [-0.2, 0) is 0 Å². The summed E-state index contributed by atoms with van der Waals surface area (Å²) in [4.78, 5) is 54.8. The molecule has 0 bridgehead atoms. The normalized spacial score (nSPS) is 11.1. The zero-order valence-electron chi connectivity index (χ0n) is 40.9. The van der Waals surface area contributed by atoms with Gasteiger partial charge in [-0.1, -0.05) is 0 Å². The van der Waals surface area contributed by atoms with Gasteiger partial charge < -0.3 is 38.1 Å². The largest absolute Gasteiger partial charge is 0.507 e. The number of hydrogen-bond donors (Lipinski definition) is 4. The fourth-order valence-electron chi connectivity index (χ4n) is 7.84. The quantitative estimate of drug-likeness (QED) is 0.104. The van der Waals surface area contributed by atoms with Crippen LogP contribution in [0.4, 0.5) is 0 Å². The summed E-state index contributed by atoms with van der Waals surface area (Å²) < 4.78 is 20.6. The molecule has 4 aromatic heterocycles. The molecule has 0 radical (unpaired) electrons. The van der Waals surface area contributed by atoms with Crippen molar-refractivity contribution in [1.29, 1.82) is 0 Å². The highest BCUT2D eigenvalue weighted by Crippen LogP contribution is 2.38. The van der Waals surface area contributed by atoms with Crippen molar-refractivity contribution in [2.45, 2.75) is 125 Å². The van der Waals surface area contributed by atoms with Crippen LogP contribution in [0.2, 0.25) is 0 Å². The minimum absolute atomic E-state index is 0.0640. The monoisotopic (exact) mass is 902 g/mol. The van der Waals surface area contributed by atoms with Crippen molar-refractivity contribution < 1.29 is 38.1 Å². The Morgan fingerprint density at radius 2 is 0.712 bits per heavy atom. The third kappa shape index (κ3) is 8.43. The van der Waals surface area contributed by atoms with E-state index in [1.54, 1.807) is 27.7 Å². The number of rotatable bonds is 0. The van der Waals surface area contributed by atoms with Crippen LogP contribution in [0.25, 0.3) is 43.7 Å². The number of fused-ring (bicyclic) bond motifs is 4. The van der Waals surface area contributed by atoms with E-state index in [0.29, 0.717) is 55.1 Å². The fourth-order valence-corrected chi connectivity index (χ4v) is 7.84. The van der Waals surface area contributed by atoms with Gasteiger partial charge in [0.2, 0.25) is 0 Å². The van der Waals surface area contributed by atoms with E-state index in [1.165, 1.54) is 0 Å². The second kappa shape index (κ2) is 18.3. The van der Waals surface area contributed by atoms with Gasteiger partial charge in [0.1, 0.15) is 51.1 Å². The zero-order chi connectivity index (χ0) is 49.9. The molecule has 0 spiro atoms. The molecule has 0 saturated heterocycles. The first-order valence-corrected chi connectivity index (χ1v) is 21.2. The van der Waals surface area contributed by atoms with Gasteiger partial charge in [-0.25, -0.2) is 29.1 Å². The molecule has 8 rings (SSSR count). The molecule has 14 heteroatoms. The van der Waals surface area contributed by atoms with Crippen LogP contribution in [0, 0.1) is 125 Å². The Labute approximate surface area is 380 Å². The number of nitrogens with zero attached hydrogens (tertiary/aromatic N) is 2. The lowest BCUT2D eigenvalue weighted by molar-refractivity contribution is 0.455. The maximum Gasteiger partial charge on any atom is 0.357 e. The summed E-state index contributed by atoms with van der Waals surface area (Å²) in [5.74, 6) is 1.37. The van der Waals surface area contributed by atoms with Gasteiger partial charge in [-0.2, -0.15) is 0 Å². The number of phenolic OH excluding ortho intramolecular Hbond substituents is 4. The van der Waals surface area contributed by atoms with Crippen molar-refractivity contribution in [3.8, 4) is 23.0 Å². The van der Waals surface area contributed by atoms with Crippen LogP contribution < -0.4 is 22.5 Å². The van der Waals surface area contributed by atoms with Gasteiger partial charge in [-0.15, -0.1) is 0 Å². The molecule has 0 aliphatic carbocycles. The number of benzene rings is 4. The van der Waals surface area contributed by atoms with Gasteiger partial charge in [0.15, 0.2) is 11.5 Å².